The number of ether oxygens (including phenoxy) is 3. The summed E-state index contributed by atoms with van der Waals surface area (Å²) in [7, 11) is 1.30. The minimum Gasteiger partial charge on any atom is -0.497 e. The molecule has 1 heterocycles. The lowest BCUT2D eigenvalue weighted by molar-refractivity contribution is -0.138. The number of carbonyl (C=O) groups excluding carboxylic acids is 1. The third kappa shape index (κ3) is 4.95. The summed E-state index contributed by atoms with van der Waals surface area (Å²) in [5.74, 6) is -0.145. The monoisotopic (exact) mass is 395 g/mol. The Hall–Kier alpha value is -2.74. The van der Waals surface area contributed by atoms with Crippen molar-refractivity contribution in [1.29, 1.82) is 0 Å². The SMILES string of the molecule is COc1ccc(Oc2ccc(CNC(=O)[C@@H]3CCOC3)cc2)c(C(F)(F)F)c1. The zero-order chi connectivity index (χ0) is 20.1. The fourth-order valence-corrected chi connectivity index (χ4v) is 2.82. The maximum atomic E-state index is 13.3. The first-order valence-electron chi connectivity index (χ1n) is 8.74. The summed E-state index contributed by atoms with van der Waals surface area (Å²) in [5.41, 5.74) is -0.104. The van der Waals surface area contributed by atoms with Crippen LogP contribution in [0.5, 0.6) is 17.2 Å². The Morgan fingerprint density at radius 2 is 1.89 bits per heavy atom. The van der Waals surface area contributed by atoms with Crippen LogP contribution in [0.4, 0.5) is 13.2 Å². The van der Waals surface area contributed by atoms with Gasteiger partial charge in [0.1, 0.15) is 22.8 Å². The van der Waals surface area contributed by atoms with E-state index in [-0.39, 0.29) is 29.1 Å². The van der Waals surface area contributed by atoms with Gasteiger partial charge < -0.3 is 19.5 Å². The molecule has 0 aromatic heterocycles. The maximum absolute atomic E-state index is 13.3. The van der Waals surface area contributed by atoms with E-state index in [1.54, 1.807) is 24.3 Å². The van der Waals surface area contributed by atoms with Gasteiger partial charge in [-0.25, -0.2) is 0 Å². The van der Waals surface area contributed by atoms with Crippen LogP contribution < -0.4 is 14.8 Å². The first-order chi connectivity index (χ1) is 13.4. The molecule has 1 N–H and O–H groups in total. The van der Waals surface area contributed by atoms with Crippen LogP contribution in [-0.2, 0) is 22.3 Å². The molecule has 1 atom stereocenters. The number of carbonyl (C=O) groups is 1. The van der Waals surface area contributed by atoms with Crippen LogP contribution in [0.2, 0.25) is 0 Å². The van der Waals surface area contributed by atoms with Gasteiger partial charge in [-0.3, -0.25) is 4.79 Å². The summed E-state index contributed by atoms with van der Waals surface area (Å²) in [6.45, 7) is 1.35. The van der Waals surface area contributed by atoms with E-state index in [1.807, 2.05) is 0 Å². The van der Waals surface area contributed by atoms with Gasteiger partial charge in [0, 0.05) is 13.2 Å². The molecule has 5 nitrogen and oxygen atoms in total. The van der Waals surface area contributed by atoms with Gasteiger partial charge in [-0.15, -0.1) is 0 Å². The number of rotatable bonds is 6. The molecule has 1 saturated heterocycles. The predicted molar refractivity (Wildman–Crippen MR) is 95.3 cm³/mol. The lowest BCUT2D eigenvalue weighted by atomic mass is 10.1. The Kier molecular flexibility index (Phi) is 6.08. The average molecular weight is 395 g/mol. The minimum atomic E-state index is -4.57. The summed E-state index contributed by atoms with van der Waals surface area (Å²) < 4.78 is 55.2. The van der Waals surface area contributed by atoms with E-state index in [1.165, 1.54) is 19.2 Å². The number of nitrogens with one attached hydrogen (secondary N) is 1. The molecule has 8 heteroatoms. The normalized spacial score (nSPS) is 16.6. The number of halogens is 3. The van der Waals surface area contributed by atoms with Crippen molar-refractivity contribution in [3.05, 3.63) is 53.6 Å². The highest BCUT2D eigenvalue weighted by atomic mass is 19.4. The van der Waals surface area contributed by atoms with Gasteiger partial charge in [-0.1, -0.05) is 12.1 Å². The van der Waals surface area contributed by atoms with Crippen molar-refractivity contribution in [2.24, 2.45) is 5.92 Å². The predicted octanol–water partition coefficient (Wildman–Crippen LogP) is 4.16. The summed E-state index contributed by atoms with van der Waals surface area (Å²) >= 11 is 0. The molecular formula is C20H20F3NO4. The molecule has 28 heavy (non-hydrogen) atoms. The topological polar surface area (TPSA) is 56.8 Å². The highest BCUT2D eigenvalue weighted by Gasteiger charge is 2.35. The van der Waals surface area contributed by atoms with Crippen LogP contribution in [0.3, 0.4) is 0 Å². The smallest absolute Gasteiger partial charge is 0.420 e. The first kappa shape index (κ1) is 20.0. The molecule has 2 aromatic rings. The number of benzene rings is 2. The molecule has 0 bridgehead atoms. The van der Waals surface area contributed by atoms with Crippen molar-refractivity contribution in [2.45, 2.75) is 19.1 Å². The van der Waals surface area contributed by atoms with Gasteiger partial charge in [-0.05, 0) is 42.3 Å². The maximum Gasteiger partial charge on any atom is 0.420 e. The molecule has 1 amide bonds. The second-order valence-electron chi connectivity index (χ2n) is 6.38. The van der Waals surface area contributed by atoms with Crippen LogP contribution in [0, 0.1) is 5.92 Å². The van der Waals surface area contributed by atoms with Crippen molar-refractivity contribution in [3.63, 3.8) is 0 Å². The third-order valence-corrected chi connectivity index (χ3v) is 4.41. The zero-order valence-corrected chi connectivity index (χ0v) is 15.2. The molecule has 1 aliphatic rings. The molecule has 1 fully saturated rings. The largest absolute Gasteiger partial charge is 0.497 e. The molecule has 0 radical (unpaired) electrons. The fourth-order valence-electron chi connectivity index (χ4n) is 2.82. The van der Waals surface area contributed by atoms with E-state index in [2.05, 4.69) is 5.32 Å². The summed E-state index contributed by atoms with van der Waals surface area (Å²) in [6.07, 6.45) is -3.86. The van der Waals surface area contributed by atoms with Crippen LogP contribution in [0.25, 0.3) is 0 Å². The third-order valence-electron chi connectivity index (χ3n) is 4.41. The molecule has 0 saturated carbocycles. The van der Waals surface area contributed by atoms with Gasteiger partial charge >= 0.3 is 6.18 Å². The van der Waals surface area contributed by atoms with Crippen molar-refractivity contribution in [1.82, 2.24) is 5.32 Å². The zero-order valence-electron chi connectivity index (χ0n) is 15.2. The second kappa shape index (κ2) is 8.52. The van der Waals surface area contributed by atoms with Crippen molar-refractivity contribution in [2.75, 3.05) is 20.3 Å². The van der Waals surface area contributed by atoms with E-state index >= 15 is 0 Å². The van der Waals surface area contributed by atoms with Crippen LogP contribution in [-0.4, -0.2) is 26.2 Å². The van der Waals surface area contributed by atoms with Gasteiger partial charge in [0.15, 0.2) is 0 Å². The highest BCUT2D eigenvalue weighted by molar-refractivity contribution is 5.78. The molecule has 150 valence electrons. The Bertz CT molecular complexity index is 815. The fraction of sp³-hybridized carbons (Fsp3) is 0.350. The van der Waals surface area contributed by atoms with E-state index in [9.17, 15) is 18.0 Å². The number of methoxy groups -OCH3 is 1. The molecular weight excluding hydrogens is 375 g/mol. The summed E-state index contributed by atoms with van der Waals surface area (Å²) in [6, 6.07) is 10.0. The Labute approximate surface area is 160 Å². The molecule has 2 aromatic carbocycles. The Balaban J connectivity index is 1.65. The van der Waals surface area contributed by atoms with Gasteiger partial charge in [0.2, 0.25) is 5.91 Å². The summed E-state index contributed by atoms with van der Waals surface area (Å²) in [5, 5.41) is 2.83. The van der Waals surface area contributed by atoms with E-state index < -0.39 is 11.7 Å². The Morgan fingerprint density at radius 1 is 1.18 bits per heavy atom. The quantitative estimate of drug-likeness (QED) is 0.798. The van der Waals surface area contributed by atoms with Gasteiger partial charge in [0.25, 0.3) is 0 Å². The summed E-state index contributed by atoms with van der Waals surface area (Å²) in [4.78, 5) is 12.0. The molecule has 3 rings (SSSR count). The lowest BCUT2D eigenvalue weighted by Crippen LogP contribution is -2.30. The highest BCUT2D eigenvalue weighted by Crippen LogP contribution is 2.40. The second-order valence-corrected chi connectivity index (χ2v) is 6.38. The van der Waals surface area contributed by atoms with E-state index in [0.29, 0.717) is 26.2 Å². The molecule has 0 spiro atoms. The number of hydrogen-bond donors (Lipinski definition) is 1. The van der Waals surface area contributed by atoms with Crippen LogP contribution >= 0.6 is 0 Å². The van der Waals surface area contributed by atoms with E-state index in [4.69, 9.17) is 14.2 Å². The van der Waals surface area contributed by atoms with Crippen molar-refractivity contribution < 1.29 is 32.2 Å². The van der Waals surface area contributed by atoms with Crippen molar-refractivity contribution in [3.8, 4) is 17.2 Å². The molecule has 0 unspecified atom stereocenters. The van der Waals surface area contributed by atoms with E-state index in [0.717, 1.165) is 11.6 Å². The number of amides is 1. The Morgan fingerprint density at radius 3 is 2.50 bits per heavy atom. The minimum absolute atomic E-state index is 0.0640. The van der Waals surface area contributed by atoms with Gasteiger partial charge in [-0.2, -0.15) is 13.2 Å². The van der Waals surface area contributed by atoms with Crippen LogP contribution in [0.15, 0.2) is 42.5 Å². The van der Waals surface area contributed by atoms with Crippen molar-refractivity contribution >= 4 is 5.91 Å². The first-order valence-corrected chi connectivity index (χ1v) is 8.74. The lowest BCUT2D eigenvalue weighted by Gasteiger charge is -2.15. The molecule has 0 aliphatic carbocycles. The molecule has 1 aliphatic heterocycles. The average Bonchev–Trinajstić information content (AvgIpc) is 3.21. The standard InChI is InChI=1S/C20H20F3NO4/c1-26-16-6-7-18(17(10-16)20(21,22)23)28-15-4-2-13(3-5-15)11-24-19(25)14-8-9-27-12-14/h2-7,10,14H,8-9,11-12H2,1H3,(H,24,25)/t14-/m1/s1. The van der Waals surface area contributed by atoms with Crippen LogP contribution in [0.1, 0.15) is 17.5 Å². The van der Waals surface area contributed by atoms with Gasteiger partial charge in [0.05, 0.1) is 19.6 Å². The number of hydrogen-bond acceptors (Lipinski definition) is 4. The number of alkyl halides is 3.